The van der Waals surface area contributed by atoms with E-state index in [1.165, 1.54) is 0 Å². The molecule has 0 bridgehead atoms. The van der Waals surface area contributed by atoms with Crippen molar-refractivity contribution in [2.24, 2.45) is 5.73 Å². The molecule has 2 N–H and O–H groups in total. The second-order valence-electron chi connectivity index (χ2n) is 6.13. The summed E-state index contributed by atoms with van der Waals surface area (Å²) in [5.41, 5.74) is 11.0. The average Bonchev–Trinajstić information content (AvgIpc) is 3.11. The minimum Gasteiger partial charge on any atom is -0.324 e. The molecule has 4 aromatic rings. The number of rotatable bonds is 4. The molecule has 0 radical (unpaired) electrons. The van der Waals surface area contributed by atoms with Crippen LogP contribution in [0.2, 0.25) is 0 Å². The molecule has 5 nitrogen and oxygen atoms in total. The van der Waals surface area contributed by atoms with Crippen molar-refractivity contribution in [3.63, 3.8) is 0 Å². The Kier molecular flexibility index (Phi) is 5.51. The zero-order valence-corrected chi connectivity index (χ0v) is 15.3. The van der Waals surface area contributed by atoms with Crippen LogP contribution in [0.5, 0.6) is 0 Å². The fourth-order valence-electron chi connectivity index (χ4n) is 3.14. The van der Waals surface area contributed by atoms with Gasteiger partial charge in [0, 0.05) is 29.7 Å². The molecule has 0 aliphatic rings. The van der Waals surface area contributed by atoms with E-state index in [9.17, 15) is 0 Å². The van der Waals surface area contributed by atoms with Crippen LogP contribution in [0.3, 0.4) is 0 Å². The van der Waals surface area contributed by atoms with Gasteiger partial charge in [-0.05, 0) is 42.0 Å². The van der Waals surface area contributed by atoms with Crippen LogP contribution in [-0.4, -0.2) is 14.8 Å². The first kappa shape index (κ1) is 18.6. The van der Waals surface area contributed by atoms with E-state index in [4.69, 9.17) is 11.0 Å². The normalized spacial score (nSPS) is 11.6. The molecular formula is C21H18ClN5. The van der Waals surface area contributed by atoms with Gasteiger partial charge < -0.3 is 5.73 Å². The Morgan fingerprint density at radius 2 is 1.89 bits per heavy atom. The quantitative estimate of drug-likeness (QED) is 0.585. The number of pyridine rings is 1. The van der Waals surface area contributed by atoms with E-state index in [0.29, 0.717) is 12.0 Å². The molecule has 0 fully saturated rings. The Morgan fingerprint density at radius 3 is 2.67 bits per heavy atom. The third-order valence-electron chi connectivity index (χ3n) is 4.42. The number of hydrogen-bond donors (Lipinski definition) is 1. The van der Waals surface area contributed by atoms with E-state index in [2.05, 4.69) is 16.2 Å². The molecule has 2 heterocycles. The third kappa shape index (κ3) is 3.68. The second-order valence-corrected chi connectivity index (χ2v) is 6.13. The van der Waals surface area contributed by atoms with Gasteiger partial charge in [-0.1, -0.05) is 24.3 Å². The number of aromatic nitrogens is 3. The van der Waals surface area contributed by atoms with Gasteiger partial charge in [0.2, 0.25) is 0 Å². The fraction of sp³-hybridized carbons (Fsp3) is 0.0952. The molecule has 0 spiro atoms. The number of nitrogens with two attached hydrogens (primary N) is 1. The zero-order valence-electron chi connectivity index (χ0n) is 14.5. The van der Waals surface area contributed by atoms with E-state index in [-0.39, 0.29) is 18.4 Å². The first-order valence-corrected chi connectivity index (χ1v) is 8.39. The van der Waals surface area contributed by atoms with Crippen molar-refractivity contribution in [2.75, 3.05) is 0 Å². The van der Waals surface area contributed by atoms with Crippen LogP contribution in [0.4, 0.5) is 0 Å². The number of fused-ring (bicyclic) bond motifs is 1. The number of para-hydroxylation sites is 1. The first-order chi connectivity index (χ1) is 12.8. The smallest absolute Gasteiger partial charge is 0.0991 e. The number of benzene rings is 2. The zero-order chi connectivity index (χ0) is 17.9. The van der Waals surface area contributed by atoms with Crippen LogP contribution >= 0.6 is 12.4 Å². The summed E-state index contributed by atoms with van der Waals surface area (Å²) in [5.74, 6) is 0. The van der Waals surface area contributed by atoms with Crippen LogP contribution in [0.15, 0.2) is 73.1 Å². The number of halogens is 1. The average molecular weight is 376 g/mol. The van der Waals surface area contributed by atoms with Crippen molar-refractivity contribution in [1.29, 1.82) is 5.26 Å². The molecule has 2 aromatic heterocycles. The molecule has 2 aromatic carbocycles. The highest BCUT2D eigenvalue weighted by Crippen LogP contribution is 2.26. The minimum atomic E-state index is -0.196. The summed E-state index contributed by atoms with van der Waals surface area (Å²) in [4.78, 5) is 4.37. The first-order valence-electron chi connectivity index (χ1n) is 8.39. The molecule has 0 saturated carbocycles. The van der Waals surface area contributed by atoms with Gasteiger partial charge in [0.05, 0.1) is 29.0 Å². The maximum Gasteiger partial charge on any atom is 0.0991 e. The Labute approximate surface area is 163 Å². The van der Waals surface area contributed by atoms with E-state index in [0.717, 1.165) is 27.8 Å². The second kappa shape index (κ2) is 8.00. The SMILES string of the molecule is Cl.N#Cc1ccc2c(cnn2-c2ccccc2[C@@H](N)Cc2ccccn2)c1. The fourth-order valence-corrected chi connectivity index (χ4v) is 3.14. The highest BCUT2D eigenvalue weighted by molar-refractivity contribution is 5.85. The number of nitrogens with zero attached hydrogens (tertiary/aromatic N) is 4. The van der Waals surface area contributed by atoms with Gasteiger partial charge in [0.25, 0.3) is 0 Å². The molecule has 134 valence electrons. The lowest BCUT2D eigenvalue weighted by molar-refractivity contribution is 0.696. The Balaban J connectivity index is 0.00000210. The van der Waals surface area contributed by atoms with Gasteiger partial charge in [-0.2, -0.15) is 10.4 Å². The standard InChI is InChI=1S/C21H17N5.ClH/c22-13-15-8-9-20-16(11-15)14-25-26(20)21-7-2-1-6-18(21)19(23)12-17-5-3-4-10-24-17;/h1-11,14,19H,12,23H2;1H/t19-;/m0./s1. The van der Waals surface area contributed by atoms with Gasteiger partial charge >= 0.3 is 0 Å². The molecule has 0 saturated heterocycles. The lowest BCUT2D eigenvalue weighted by atomic mass is 10.0. The maximum atomic E-state index is 9.08. The van der Waals surface area contributed by atoms with E-state index >= 15 is 0 Å². The Hall–Kier alpha value is -3.20. The lowest BCUT2D eigenvalue weighted by Gasteiger charge is -2.17. The predicted octanol–water partition coefficient (Wildman–Crippen LogP) is 3.96. The Bertz CT molecular complexity index is 1100. The van der Waals surface area contributed by atoms with E-state index < -0.39 is 0 Å². The molecular weight excluding hydrogens is 358 g/mol. The molecule has 0 aliphatic heterocycles. The van der Waals surface area contributed by atoms with Crippen LogP contribution in [0.1, 0.15) is 22.9 Å². The van der Waals surface area contributed by atoms with Gasteiger partial charge in [-0.25, -0.2) is 4.68 Å². The molecule has 4 rings (SSSR count). The predicted molar refractivity (Wildman–Crippen MR) is 108 cm³/mol. The summed E-state index contributed by atoms with van der Waals surface area (Å²) in [6.45, 7) is 0. The molecule has 6 heteroatoms. The van der Waals surface area contributed by atoms with Crippen LogP contribution in [-0.2, 0) is 6.42 Å². The summed E-state index contributed by atoms with van der Waals surface area (Å²) >= 11 is 0. The minimum absolute atomic E-state index is 0. The molecule has 0 unspecified atom stereocenters. The summed E-state index contributed by atoms with van der Waals surface area (Å²) in [6.07, 6.45) is 4.20. The monoisotopic (exact) mass is 375 g/mol. The van der Waals surface area contributed by atoms with Crippen molar-refractivity contribution < 1.29 is 0 Å². The van der Waals surface area contributed by atoms with Crippen LogP contribution < -0.4 is 5.73 Å². The highest BCUT2D eigenvalue weighted by atomic mass is 35.5. The largest absolute Gasteiger partial charge is 0.324 e. The molecule has 0 aliphatic carbocycles. The van der Waals surface area contributed by atoms with Gasteiger partial charge in [0.1, 0.15) is 0 Å². The summed E-state index contributed by atoms with van der Waals surface area (Å²) < 4.78 is 1.88. The molecule has 27 heavy (non-hydrogen) atoms. The molecule has 0 amide bonds. The van der Waals surface area contributed by atoms with Crippen molar-refractivity contribution >= 4 is 23.3 Å². The number of nitriles is 1. The van der Waals surface area contributed by atoms with Crippen molar-refractivity contribution in [1.82, 2.24) is 14.8 Å². The highest BCUT2D eigenvalue weighted by Gasteiger charge is 2.15. The number of hydrogen-bond acceptors (Lipinski definition) is 4. The summed E-state index contributed by atoms with van der Waals surface area (Å²) in [5, 5.41) is 14.5. The van der Waals surface area contributed by atoms with Gasteiger partial charge in [-0.3, -0.25) is 4.98 Å². The Morgan fingerprint density at radius 1 is 1.07 bits per heavy atom. The van der Waals surface area contributed by atoms with Crippen molar-refractivity contribution in [3.8, 4) is 11.8 Å². The van der Waals surface area contributed by atoms with Crippen molar-refractivity contribution in [2.45, 2.75) is 12.5 Å². The molecule has 1 atom stereocenters. The third-order valence-corrected chi connectivity index (χ3v) is 4.42. The summed E-state index contributed by atoms with van der Waals surface area (Å²) in [7, 11) is 0. The van der Waals surface area contributed by atoms with E-state index in [1.54, 1.807) is 18.5 Å². The maximum absolute atomic E-state index is 9.08. The van der Waals surface area contributed by atoms with Gasteiger partial charge in [-0.15, -0.1) is 12.4 Å². The lowest BCUT2D eigenvalue weighted by Crippen LogP contribution is -2.17. The van der Waals surface area contributed by atoms with E-state index in [1.807, 2.05) is 59.3 Å². The summed E-state index contributed by atoms with van der Waals surface area (Å²) in [6, 6.07) is 21.4. The van der Waals surface area contributed by atoms with Gasteiger partial charge in [0.15, 0.2) is 0 Å². The topological polar surface area (TPSA) is 80.5 Å². The van der Waals surface area contributed by atoms with Crippen LogP contribution in [0, 0.1) is 11.3 Å². The van der Waals surface area contributed by atoms with Crippen LogP contribution in [0.25, 0.3) is 16.6 Å². The van der Waals surface area contributed by atoms with Crippen molar-refractivity contribution in [3.05, 3.63) is 89.9 Å².